The lowest BCUT2D eigenvalue weighted by Crippen LogP contribution is -2.34. The van der Waals surface area contributed by atoms with Gasteiger partial charge in [-0.2, -0.15) is 0 Å². The van der Waals surface area contributed by atoms with Crippen molar-refractivity contribution in [3.8, 4) is 5.75 Å². The maximum atomic E-state index is 11.8. The lowest BCUT2D eigenvalue weighted by molar-refractivity contribution is -0.135. The SMILES string of the molecule is COc1cccc(CCNC(=O)CC(=O)N2CCCC2)c1. The van der Waals surface area contributed by atoms with Crippen LogP contribution in [0.15, 0.2) is 24.3 Å². The van der Waals surface area contributed by atoms with Crippen molar-refractivity contribution in [3.63, 3.8) is 0 Å². The van der Waals surface area contributed by atoms with Crippen molar-refractivity contribution in [2.45, 2.75) is 25.7 Å². The van der Waals surface area contributed by atoms with Gasteiger partial charge in [0.2, 0.25) is 11.8 Å². The number of hydrogen-bond donors (Lipinski definition) is 1. The Morgan fingerprint density at radius 2 is 2.05 bits per heavy atom. The molecule has 2 rings (SSSR count). The summed E-state index contributed by atoms with van der Waals surface area (Å²) < 4.78 is 5.15. The molecule has 0 spiro atoms. The van der Waals surface area contributed by atoms with E-state index in [1.165, 1.54) is 0 Å². The standard InChI is InChI=1S/C16H22N2O3/c1-21-14-6-4-5-13(11-14)7-8-17-15(19)12-16(20)18-9-2-3-10-18/h4-6,11H,2-3,7-10,12H2,1H3,(H,17,19). The fourth-order valence-electron chi connectivity index (χ4n) is 2.45. The third-order valence-electron chi connectivity index (χ3n) is 3.64. The van der Waals surface area contributed by atoms with Crippen LogP contribution in [-0.2, 0) is 16.0 Å². The highest BCUT2D eigenvalue weighted by molar-refractivity contribution is 5.96. The third-order valence-corrected chi connectivity index (χ3v) is 3.64. The largest absolute Gasteiger partial charge is 0.497 e. The fraction of sp³-hybridized carbons (Fsp3) is 0.500. The highest BCUT2D eigenvalue weighted by Gasteiger charge is 2.19. The van der Waals surface area contributed by atoms with Crippen molar-refractivity contribution in [1.29, 1.82) is 0 Å². The summed E-state index contributed by atoms with van der Waals surface area (Å²) in [5.74, 6) is 0.546. The molecule has 5 nitrogen and oxygen atoms in total. The average Bonchev–Trinajstić information content (AvgIpc) is 3.02. The lowest BCUT2D eigenvalue weighted by atomic mass is 10.1. The predicted molar refractivity (Wildman–Crippen MR) is 80.1 cm³/mol. The molecular formula is C16H22N2O3. The highest BCUT2D eigenvalue weighted by atomic mass is 16.5. The van der Waals surface area contributed by atoms with Crippen LogP contribution < -0.4 is 10.1 Å². The topological polar surface area (TPSA) is 58.6 Å². The summed E-state index contributed by atoms with van der Waals surface area (Å²) in [5.41, 5.74) is 1.10. The molecule has 0 aliphatic carbocycles. The summed E-state index contributed by atoms with van der Waals surface area (Å²) in [6, 6.07) is 7.75. The minimum Gasteiger partial charge on any atom is -0.497 e. The van der Waals surface area contributed by atoms with Crippen molar-refractivity contribution < 1.29 is 14.3 Å². The summed E-state index contributed by atoms with van der Waals surface area (Å²) in [6.07, 6.45) is 2.77. The molecule has 1 fully saturated rings. The smallest absolute Gasteiger partial charge is 0.232 e. The third kappa shape index (κ3) is 4.77. The molecule has 0 bridgehead atoms. The highest BCUT2D eigenvalue weighted by Crippen LogP contribution is 2.12. The summed E-state index contributed by atoms with van der Waals surface area (Å²) in [6.45, 7) is 2.10. The molecule has 0 saturated carbocycles. The van der Waals surface area contributed by atoms with Crippen LogP contribution in [0.25, 0.3) is 0 Å². The average molecular weight is 290 g/mol. The molecule has 0 unspecified atom stereocenters. The normalized spacial score (nSPS) is 14.0. The minimum absolute atomic E-state index is 0.0435. The van der Waals surface area contributed by atoms with Gasteiger partial charge in [0.25, 0.3) is 0 Å². The second-order valence-electron chi connectivity index (χ2n) is 5.22. The van der Waals surface area contributed by atoms with Crippen molar-refractivity contribution in [1.82, 2.24) is 10.2 Å². The van der Waals surface area contributed by atoms with Crippen molar-refractivity contribution in [2.24, 2.45) is 0 Å². The molecule has 0 radical (unpaired) electrons. The summed E-state index contributed by atoms with van der Waals surface area (Å²) in [5, 5.41) is 2.80. The maximum absolute atomic E-state index is 11.8. The second kappa shape index (κ2) is 7.67. The van der Waals surface area contributed by atoms with E-state index in [-0.39, 0.29) is 18.2 Å². The van der Waals surface area contributed by atoms with Gasteiger partial charge in [-0.05, 0) is 37.0 Å². The number of ether oxygens (including phenoxy) is 1. The van der Waals surface area contributed by atoms with Gasteiger partial charge in [0.05, 0.1) is 7.11 Å². The van der Waals surface area contributed by atoms with Crippen LogP contribution in [0.1, 0.15) is 24.8 Å². The Morgan fingerprint density at radius 1 is 1.29 bits per heavy atom. The first kappa shape index (κ1) is 15.4. The number of likely N-dealkylation sites (tertiary alicyclic amines) is 1. The Balaban J connectivity index is 1.70. The predicted octanol–water partition coefficient (Wildman–Crippen LogP) is 1.37. The molecule has 5 heteroatoms. The first-order valence-corrected chi connectivity index (χ1v) is 7.36. The van der Waals surface area contributed by atoms with Gasteiger partial charge in [0.1, 0.15) is 12.2 Å². The molecule has 0 atom stereocenters. The van der Waals surface area contributed by atoms with Gasteiger partial charge >= 0.3 is 0 Å². The second-order valence-corrected chi connectivity index (χ2v) is 5.22. The van der Waals surface area contributed by atoms with Crippen LogP contribution in [-0.4, -0.2) is 43.5 Å². The molecule has 1 aromatic carbocycles. The van der Waals surface area contributed by atoms with Crippen LogP contribution >= 0.6 is 0 Å². The minimum atomic E-state index is -0.199. The first-order valence-electron chi connectivity index (χ1n) is 7.36. The summed E-state index contributed by atoms with van der Waals surface area (Å²) in [4.78, 5) is 25.3. The number of nitrogens with one attached hydrogen (secondary N) is 1. The lowest BCUT2D eigenvalue weighted by Gasteiger charge is -2.14. The van der Waals surface area contributed by atoms with E-state index in [2.05, 4.69) is 5.32 Å². The zero-order valence-corrected chi connectivity index (χ0v) is 12.4. The number of carbonyl (C=O) groups excluding carboxylic acids is 2. The Morgan fingerprint density at radius 3 is 2.76 bits per heavy atom. The van der Waals surface area contributed by atoms with E-state index in [4.69, 9.17) is 4.74 Å². The first-order chi connectivity index (χ1) is 10.2. The maximum Gasteiger partial charge on any atom is 0.232 e. The molecule has 1 aliphatic heterocycles. The number of nitrogens with zero attached hydrogens (tertiary/aromatic N) is 1. The number of methoxy groups -OCH3 is 1. The van der Waals surface area contributed by atoms with Crippen molar-refractivity contribution in [3.05, 3.63) is 29.8 Å². The Bertz CT molecular complexity index is 496. The monoisotopic (exact) mass is 290 g/mol. The van der Waals surface area contributed by atoms with Gasteiger partial charge in [0.15, 0.2) is 0 Å². The van der Waals surface area contributed by atoms with Gasteiger partial charge in [-0.25, -0.2) is 0 Å². The molecule has 1 heterocycles. The van der Waals surface area contributed by atoms with E-state index in [0.29, 0.717) is 6.54 Å². The molecule has 2 amide bonds. The fourth-order valence-corrected chi connectivity index (χ4v) is 2.45. The van der Waals surface area contributed by atoms with Gasteiger partial charge in [-0.3, -0.25) is 9.59 Å². The number of carbonyl (C=O) groups is 2. The van der Waals surface area contributed by atoms with E-state index < -0.39 is 0 Å². The zero-order chi connectivity index (χ0) is 15.1. The molecule has 1 saturated heterocycles. The molecule has 1 N–H and O–H groups in total. The van der Waals surface area contributed by atoms with Crippen LogP contribution in [0, 0.1) is 0 Å². The van der Waals surface area contributed by atoms with Gasteiger partial charge in [0, 0.05) is 19.6 Å². The zero-order valence-electron chi connectivity index (χ0n) is 12.4. The van der Waals surface area contributed by atoms with E-state index in [1.54, 1.807) is 12.0 Å². The molecule has 21 heavy (non-hydrogen) atoms. The van der Waals surface area contributed by atoms with Crippen LogP contribution in [0.3, 0.4) is 0 Å². The number of amides is 2. The Hall–Kier alpha value is -2.04. The molecular weight excluding hydrogens is 268 g/mol. The Labute approximate surface area is 125 Å². The number of benzene rings is 1. The van der Waals surface area contributed by atoms with E-state index in [9.17, 15) is 9.59 Å². The van der Waals surface area contributed by atoms with E-state index >= 15 is 0 Å². The van der Waals surface area contributed by atoms with Gasteiger partial charge in [-0.15, -0.1) is 0 Å². The van der Waals surface area contributed by atoms with Gasteiger partial charge < -0.3 is 15.0 Å². The number of hydrogen-bond acceptors (Lipinski definition) is 3. The van der Waals surface area contributed by atoms with E-state index in [1.807, 2.05) is 24.3 Å². The van der Waals surface area contributed by atoms with Gasteiger partial charge in [-0.1, -0.05) is 12.1 Å². The summed E-state index contributed by atoms with van der Waals surface area (Å²) in [7, 11) is 1.63. The van der Waals surface area contributed by atoms with Crippen molar-refractivity contribution in [2.75, 3.05) is 26.7 Å². The molecule has 0 aromatic heterocycles. The summed E-state index contributed by atoms with van der Waals surface area (Å²) >= 11 is 0. The molecule has 1 aliphatic rings. The molecule has 114 valence electrons. The van der Waals surface area contributed by atoms with Crippen molar-refractivity contribution >= 4 is 11.8 Å². The quantitative estimate of drug-likeness (QED) is 0.805. The molecule has 1 aromatic rings. The van der Waals surface area contributed by atoms with Crippen LogP contribution in [0.2, 0.25) is 0 Å². The number of rotatable bonds is 6. The van der Waals surface area contributed by atoms with E-state index in [0.717, 1.165) is 43.7 Å². The van der Waals surface area contributed by atoms with Crippen LogP contribution in [0.5, 0.6) is 5.75 Å². The Kier molecular flexibility index (Phi) is 5.60. The van der Waals surface area contributed by atoms with Crippen LogP contribution in [0.4, 0.5) is 0 Å².